The summed E-state index contributed by atoms with van der Waals surface area (Å²) in [4.78, 5) is 32.3. The fraction of sp³-hybridized carbons (Fsp3) is 0.273. The second kappa shape index (κ2) is 7.38. The van der Waals surface area contributed by atoms with Crippen molar-refractivity contribution in [1.82, 2.24) is 14.8 Å². The van der Waals surface area contributed by atoms with Crippen LogP contribution in [0.1, 0.15) is 26.4 Å². The zero-order valence-corrected chi connectivity index (χ0v) is 16.1. The maximum Gasteiger partial charge on any atom is 0.270 e. The van der Waals surface area contributed by atoms with Crippen molar-refractivity contribution in [3.05, 3.63) is 65.4 Å². The average Bonchev–Trinajstić information content (AvgIpc) is 3.16. The molecule has 1 aliphatic heterocycles. The van der Waals surface area contributed by atoms with Gasteiger partial charge in [-0.1, -0.05) is 17.7 Å². The number of hydrogen-bond donors (Lipinski definition) is 1. The van der Waals surface area contributed by atoms with Gasteiger partial charge < -0.3 is 19.5 Å². The van der Waals surface area contributed by atoms with Gasteiger partial charge in [0, 0.05) is 42.6 Å². The predicted molar refractivity (Wildman–Crippen MR) is 108 cm³/mol. The van der Waals surface area contributed by atoms with Crippen LogP contribution < -0.4 is 4.74 Å². The second-order valence-electron chi connectivity index (χ2n) is 7.09. The number of hydrogen-bond acceptors (Lipinski definition) is 3. The lowest BCUT2D eigenvalue weighted by atomic mass is 10.1. The van der Waals surface area contributed by atoms with E-state index >= 15 is 0 Å². The number of fused-ring (bicyclic) bond motifs is 1. The van der Waals surface area contributed by atoms with E-state index in [-0.39, 0.29) is 11.8 Å². The number of nitrogens with one attached hydrogen (secondary N) is 1. The third-order valence-electron chi connectivity index (χ3n) is 5.18. The predicted octanol–water partition coefficient (Wildman–Crippen LogP) is 3.08. The van der Waals surface area contributed by atoms with E-state index in [0.717, 1.165) is 22.2 Å². The number of rotatable bonds is 3. The summed E-state index contributed by atoms with van der Waals surface area (Å²) in [6.45, 7) is 4.09. The smallest absolute Gasteiger partial charge is 0.270 e. The number of amides is 2. The molecule has 28 heavy (non-hydrogen) atoms. The molecule has 1 aromatic heterocycles. The summed E-state index contributed by atoms with van der Waals surface area (Å²) in [5.41, 5.74) is 3.22. The summed E-state index contributed by atoms with van der Waals surface area (Å²) in [7, 11) is 1.62. The topological polar surface area (TPSA) is 65.6 Å². The van der Waals surface area contributed by atoms with Crippen LogP contribution in [-0.4, -0.2) is 59.9 Å². The van der Waals surface area contributed by atoms with Gasteiger partial charge in [-0.2, -0.15) is 0 Å². The van der Waals surface area contributed by atoms with E-state index in [9.17, 15) is 9.59 Å². The third-order valence-corrected chi connectivity index (χ3v) is 5.18. The normalized spacial score (nSPS) is 14.4. The van der Waals surface area contributed by atoms with Gasteiger partial charge in [0.05, 0.1) is 7.11 Å². The van der Waals surface area contributed by atoms with Crippen LogP contribution in [0.3, 0.4) is 0 Å². The molecule has 1 saturated heterocycles. The number of aryl methyl sites for hydroxylation is 1. The van der Waals surface area contributed by atoms with Crippen LogP contribution >= 0.6 is 0 Å². The number of methoxy groups -OCH3 is 1. The van der Waals surface area contributed by atoms with Gasteiger partial charge in [0.1, 0.15) is 11.4 Å². The Bertz CT molecular complexity index is 1030. The number of ether oxygens (including phenoxy) is 1. The minimum absolute atomic E-state index is 0.0218. The van der Waals surface area contributed by atoms with Gasteiger partial charge in [0.2, 0.25) is 0 Å². The minimum Gasteiger partial charge on any atom is -0.497 e. The first-order valence-electron chi connectivity index (χ1n) is 9.37. The highest BCUT2D eigenvalue weighted by Gasteiger charge is 2.26. The van der Waals surface area contributed by atoms with E-state index in [1.807, 2.05) is 60.4 Å². The Morgan fingerprint density at radius 3 is 2.32 bits per heavy atom. The molecular weight excluding hydrogens is 354 g/mol. The molecule has 144 valence electrons. The number of benzene rings is 2. The standard InChI is InChI=1S/C22H23N3O3/c1-15-4-3-5-16(12-15)21(26)24-8-10-25(11-9-24)22(27)20-14-17-13-18(28-2)6-7-19(17)23-20/h3-7,12-14,23H,8-11H2,1-2H3. The molecule has 6 heteroatoms. The Morgan fingerprint density at radius 2 is 1.64 bits per heavy atom. The van der Waals surface area contributed by atoms with Gasteiger partial charge in [0.15, 0.2) is 0 Å². The fourth-order valence-electron chi connectivity index (χ4n) is 3.60. The summed E-state index contributed by atoms with van der Waals surface area (Å²) in [6.07, 6.45) is 0. The van der Waals surface area contributed by atoms with Gasteiger partial charge in [-0.3, -0.25) is 9.59 Å². The number of piperazine rings is 1. The van der Waals surface area contributed by atoms with Crippen molar-refractivity contribution in [2.45, 2.75) is 6.92 Å². The lowest BCUT2D eigenvalue weighted by molar-refractivity contribution is 0.0533. The number of aromatic nitrogens is 1. The molecule has 4 rings (SSSR count). The molecule has 2 heterocycles. The van der Waals surface area contributed by atoms with Crippen LogP contribution in [0.2, 0.25) is 0 Å². The van der Waals surface area contributed by atoms with Crippen LogP contribution in [0.15, 0.2) is 48.5 Å². The van der Waals surface area contributed by atoms with Crippen molar-refractivity contribution in [2.75, 3.05) is 33.3 Å². The molecule has 2 aromatic carbocycles. The highest BCUT2D eigenvalue weighted by Crippen LogP contribution is 2.22. The SMILES string of the molecule is COc1ccc2[nH]c(C(=O)N3CCN(C(=O)c4cccc(C)c4)CC3)cc2c1. The molecule has 0 aliphatic carbocycles. The quantitative estimate of drug-likeness (QED) is 0.763. The maximum atomic E-state index is 12.9. The molecular formula is C22H23N3O3. The Labute approximate surface area is 163 Å². The van der Waals surface area contributed by atoms with Crippen LogP contribution in [0, 0.1) is 6.92 Å². The van der Waals surface area contributed by atoms with E-state index < -0.39 is 0 Å². The van der Waals surface area contributed by atoms with Gasteiger partial charge in [-0.25, -0.2) is 0 Å². The van der Waals surface area contributed by atoms with Crippen molar-refractivity contribution >= 4 is 22.7 Å². The maximum absolute atomic E-state index is 12.9. The number of H-pyrrole nitrogens is 1. The van der Waals surface area contributed by atoms with Crippen LogP contribution in [0.5, 0.6) is 5.75 Å². The van der Waals surface area contributed by atoms with E-state index in [4.69, 9.17) is 4.74 Å². The Hall–Kier alpha value is -3.28. The summed E-state index contributed by atoms with van der Waals surface area (Å²) in [5.74, 6) is 0.736. The molecule has 3 aromatic rings. The van der Waals surface area contributed by atoms with E-state index in [2.05, 4.69) is 4.98 Å². The largest absolute Gasteiger partial charge is 0.497 e. The molecule has 1 N–H and O–H groups in total. The monoisotopic (exact) mass is 377 g/mol. The summed E-state index contributed by atoms with van der Waals surface area (Å²) in [5, 5.41) is 0.941. The van der Waals surface area contributed by atoms with Crippen molar-refractivity contribution in [3.63, 3.8) is 0 Å². The Balaban J connectivity index is 1.43. The van der Waals surface area contributed by atoms with Crippen molar-refractivity contribution in [1.29, 1.82) is 0 Å². The highest BCUT2D eigenvalue weighted by molar-refractivity contribution is 5.99. The van der Waals surface area contributed by atoms with Gasteiger partial charge in [0.25, 0.3) is 11.8 Å². The van der Waals surface area contributed by atoms with Gasteiger partial charge in [-0.05, 0) is 43.3 Å². The molecule has 0 bridgehead atoms. The molecule has 1 fully saturated rings. The lowest BCUT2D eigenvalue weighted by Crippen LogP contribution is -2.50. The lowest BCUT2D eigenvalue weighted by Gasteiger charge is -2.34. The molecule has 0 unspecified atom stereocenters. The molecule has 6 nitrogen and oxygen atoms in total. The second-order valence-corrected chi connectivity index (χ2v) is 7.09. The molecule has 1 aliphatic rings. The minimum atomic E-state index is -0.0437. The van der Waals surface area contributed by atoms with Crippen molar-refractivity contribution in [3.8, 4) is 5.75 Å². The molecule has 2 amide bonds. The van der Waals surface area contributed by atoms with Crippen molar-refractivity contribution < 1.29 is 14.3 Å². The van der Waals surface area contributed by atoms with E-state index in [0.29, 0.717) is 37.4 Å². The first kappa shape index (κ1) is 18.1. The number of aromatic amines is 1. The van der Waals surface area contributed by atoms with Gasteiger partial charge >= 0.3 is 0 Å². The summed E-state index contributed by atoms with van der Waals surface area (Å²) in [6, 6.07) is 15.1. The number of nitrogens with zero attached hydrogens (tertiary/aromatic N) is 2. The van der Waals surface area contributed by atoms with Crippen molar-refractivity contribution in [2.24, 2.45) is 0 Å². The molecule has 0 atom stereocenters. The van der Waals surface area contributed by atoms with Crippen LogP contribution in [0.25, 0.3) is 10.9 Å². The summed E-state index contributed by atoms with van der Waals surface area (Å²) < 4.78 is 5.24. The molecule has 0 saturated carbocycles. The Morgan fingerprint density at radius 1 is 0.929 bits per heavy atom. The Kier molecular flexibility index (Phi) is 4.77. The molecule has 0 radical (unpaired) electrons. The van der Waals surface area contributed by atoms with E-state index in [1.165, 1.54) is 0 Å². The molecule has 0 spiro atoms. The zero-order valence-electron chi connectivity index (χ0n) is 16.1. The number of carbonyl (C=O) groups is 2. The average molecular weight is 377 g/mol. The van der Waals surface area contributed by atoms with Gasteiger partial charge in [-0.15, -0.1) is 0 Å². The zero-order chi connectivity index (χ0) is 19.7. The van der Waals surface area contributed by atoms with Crippen LogP contribution in [0.4, 0.5) is 0 Å². The summed E-state index contributed by atoms with van der Waals surface area (Å²) >= 11 is 0. The first-order chi connectivity index (χ1) is 13.5. The van der Waals surface area contributed by atoms with Crippen LogP contribution in [-0.2, 0) is 0 Å². The fourth-order valence-corrected chi connectivity index (χ4v) is 3.60. The first-order valence-corrected chi connectivity index (χ1v) is 9.37. The third kappa shape index (κ3) is 3.45. The number of carbonyl (C=O) groups excluding carboxylic acids is 2. The highest BCUT2D eigenvalue weighted by atomic mass is 16.5. The van der Waals surface area contributed by atoms with E-state index in [1.54, 1.807) is 12.0 Å².